The second kappa shape index (κ2) is 11.0. The van der Waals surface area contributed by atoms with E-state index in [1.54, 1.807) is 17.0 Å². The lowest BCUT2D eigenvalue weighted by Crippen LogP contribution is -2.54. The standard InChI is InChI=1S/C18H27FN4O2.ClH/c1-2-4-16(17(24)23-10-3-5-15(20)12-23)22-18(25)21-11-13-6-8-14(19)9-7-13;/h6-9,15-16H,2-5,10-12,20H2,1H3,(H2,21,22,25);1H. The van der Waals surface area contributed by atoms with Gasteiger partial charge in [-0.25, -0.2) is 9.18 Å². The van der Waals surface area contributed by atoms with Gasteiger partial charge < -0.3 is 21.3 Å². The third-order valence-electron chi connectivity index (χ3n) is 4.32. The molecule has 1 fully saturated rings. The topological polar surface area (TPSA) is 87.5 Å². The summed E-state index contributed by atoms with van der Waals surface area (Å²) in [6.45, 7) is 3.47. The number of benzene rings is 1. The Morgan fingerprint density at radius 3 is 2.65 bits per heavy atom. The van der Waals surface area contributed by atoms with Crippen LogP contribution < -0.4 is 16.4 Å². The minimum absolute atomic E-state index is 0. The Morgan fingerprint density at radius 1 is 1.35 bits per heavy atom. The molecule has 0 bridgehead atoms. The molecule has 6 nitrogen and oxygen atoms in total. The number of hydrogen-bond acceptors (Lipinski definition) is 3. The van der Waals surface area contributed by atoms with Gasteiger partial charge in [0.1, 0.15) is 11.9 Å². The number of likely N-dealkylation sites (tertiary alicyclic amines) is 1. The second-order valence-electron chi connectivity index (χ2n) is 6.48. The molecule has 0 spiro atoms. The first-order valence-electron chi connectivity index (χ1n) is 8.82. The van der Waals surface area contributed by atoms with E-state index in [2.05, 4.69) is 10.6 Å². The van der Waals surface area contributed by atoms with E-state index in [-0.39, 0.29) is 36.7 Å². The van der Waals surface area contributed by atoms with Crippen molar-refractivity contribution in [2.75, 3.05) is 13.1 Å². The van der Waals surface area contributed by atoms with Gasteiger partial charge in [0.2, 0.25) is 5.91 Å². The van der Waals surface area contributed by atoms with Crippen LogP contribution in [-0.2, 0) is 11.3 Å². The Bertz CT molecular complexity index is 585. The molecule has 1 aromatic rings. The molecule has 1 heterocycles. The van der Waals surface area contributed by atoms with E-state index in [1.165, 1.54) is 12.1 Å². The molecular formula is C18H28ClFN4O2. The second-order valence-corrected chi connectivity index (χ2v) is 6.48. The highest BCUT2D eigenvalue weighted by Gasteiger charge is 2.28. The summed E-state index contributed by atoms with van der Waals surface area (Å²) in [5.41, 5.74) is 6.73. The van der Waals surface area contributed by atoms with Crippen molar-refractivity contribution in [1.29, 1.82) is 0 Å². The van der Waals surface area contributed by atoms with Crippen molar-refractivity contribution in [3.63, 3.8) is 0 Å². The zero-order chi connectivity index (χ0) is 18.2. The molecule has 1 aromatic carbocycles. The van der Waals surface area contributed by atoms with E-state index in [1.807, 2.05) is 6.92 Å². The van der Waals surface area contributed by atoms with Crippen molar-refractivity contribution in [1.82, 2.24) is 15.5 Å². The molecular weight excluding hydrogens is 359 g/mol. The van der Waals surface area contributed by atoms with Crippen LogP contribution in [0.2, 0.25) is 0 Å². The molecule has 0 aliphatic carbocycles. The third-order valence-corrected chi connectivity index (χ3v) is 4.32. The Labute approximate surface area is 160 Å². The highest BCUT2D eigenvalue weighted by molar-refractivity contribution is 5.87. The van der Waals surface area contributed by atoms with E-state index in [4.69, 9.17) is 5.73 Å². The molecule has 1 aliphatic heterocycles. The van der Waals surface area contributed by atoms with Crippen LogP contribution in [0.1, 0.15) is 38.2 Å². The van der Waals surface area contributed by atoms with E-state index < -0.39 is 12.1 Å². The summed E-state index contributed by atoms with van der Waals surface area (Å²) >= 11 is 0. The average molecular weight is 387 g/mol. The largest absolute Gasteiger partial charge is 0.339 e. The summed E-state index contributed by atoms with van der Waals surface area (Å²) in [7, 11) is 0. The number of carbonyl (C=O) groups is 2. The zero-order valence-electron chi connectivity index (χ0n) is 15.0. The molecule has 0 radical (unpaired) electrons. The molecule has 2 unspecified atom stereocenters. The number of nitrogens with one attached hydrogen (secondary N) is 2. The number of hydrogen-bond donors (Lipinski definition) is 3. The van der Waals surface area contributed by atoms with Crippen LogP contribution in [-0.4, -0.2) is 42.0 Å². The SMILES string of the molecule is CCCC(NC(=O)NCc1ccc(F)cc1)C(=O)N1CCCC(N)C1.Cl. The number of nitrogens with two attached hydrogens (primary N) is 1. The van der Waals surface area contributed by atoms with E-state index in [9.17, 15) is 14.0 Å². The van der Waals surface area contributed by atoms with Gasteiger partial charge in [0, 0.05) is 25.7 Å². The normalized spacial score (nSPS) is 17.8. The average Bonchev–Trinajstić information content (AvgIpc) is 2.60. The number of amides is 3. The summed E-state index contributed by atoms with van der Waals surface area (Å²) in [6, 6.07) is 4.96. The van der Waals surface area contributed by atoms with Gasteiger partial charge in [0.25, 0.3) is 0 Å². The van der Waals surface area contributed by atoms with Crippen molar-refractivity contribution in [2.24, 2.45) is 5.73 Å². The van der Waals surface area contributed by atoms with Crippen molar-refractivity contribution in [2.45, 2.75) is 51.2 Å². The first-order chi connectivity index (χ1) is 12.0. The number of rotatable bonds is 6. The van der Waals surface area contributed by atoms with Crippen LogP contribution >= 0.6 is 12.4 Å². The highest BCUT2D eigenvalue weighted by atomic mass is 35.5. The summed E-state index contributed by atoms with van der Waals surface area (Å²) in [5.74, 6) is -0.393. The van der Waals surface area contributed by atoms with Gasteiger partial charge in [-0.3, -0.25) is 4.79 Å². The van der Waals surface area contributed by atoms with Gasteiger partial charge in [0.05, 0.1) is 0 Å². The molecule has 26 heavy (non-hydrogen) atoms. The van der Waals surface area contributed by atoms with Gasteiger partial charge in [-0.2, -0.15) is 0 Å². The van der Waals surface area contributed by atoms with Gasteiger partial charge in [-0.15, -0.1) is 12.4 Å². The lowest BCUT2D eigenvalue weighted by atomic mass is 10.0. The van der Waals surface area contributed by atoms with Gasteiger partial charge in [0.15, 0.2) is 0 Å². The van der Waals surface area contributed by atoms with Crippen molar-refractivity contribution in [3.05, 3.63) is 35.6 Å². The number of piperidine rings is 1. The number of nitrogens with zero attached hydrogens (tertiary/aromatic N) is 1. The summed E-state index contributed by atoms with van der Waals surface area (Å²) < 4.78 is 12.9. The number of halogens is 2. The van der Waals surface area contributed by atoms with E-state index in [0.717, 1.165) is 24.8 Å². The van der Waals surface area contributed by atoms with Crippen LogP contribution in [0, 0.1) is 5.82 Å². The Hall–Kier alpha value is -1.86. The lowest BCUT2D eigenvalue weighted by molar-refractivity contribution is -0.134. The summed E-state index contributed by atoms with van der Waals surface area (Å²) in [4.78, 5) is 26.5. The predicted molar refractivity (Wildman–Crippen MR) is 102 cm³/mol. The number of carbonyl (C=O) groups excluding carboxylic acids is 2. The van der Waals surface area contributed by atoms with Crippen LogP contribution in [0.15, 0.2) is 24.3 Å². The fraction of sp³-hybridized carbons (Fsp3) is 0.556. The molecule has 3 amide bonds. The van der Waals surface area contributed by atoms with Gasteiger partial charge in [-0.1, -0.05) is 25.5 Å². The fourth-order valence-electron chi connectivity index (χ4n) is 2.97. The first kappa shape index (κ1) is 22.2. The minimum atomic E-state index is -0.552. The van der Waals surface area contributed by atoms with E-state index in [0.29, 0.717) is 19.5 Å². The maximum atomic E-state index is 12.9. The molecule has 0 saturated carbocycles. The third kappa shape index (κ3) is 6.80. The summed E-state index contributed by atoms with van der Waals surface area (Å²) in [6.07, 6.45) is 3.18. The maximum absolute atomic E-state index is 12.9. The van der Waals surface area contributed by atoms with Crippen LogP contribution in [0.3, 0.4) is 0 Å². The highest BCUT2D eigenvalue weighted by Crippen LogP contribution is 2.11. The predicted octanol–water partition coefficient (Wildman–Crippen LogP) is 2.17. The van der Waals surface area contributed by atoms with Gasteiger partial charge >= 0.3 is 6.03 Å². The quantitative estimate of drug-likeness (QED) is 0.700. The molecule has 2 rings (SSSR count). The molecule has 2 atom stereocenters. The molecule has 8 heteroatoms. The first-order valence-corrected chi connectivity index (χ1v) is 8.82. The fourth-order valence-corrected chi connectivity index (χ4v) is 2.97. The van der Waals surface area contributed by atoms with Gasteiger partial charge in [-0.05, 0) is 37.0 Å². The molecule has 4 N–H and O–H groups in total. The van der Waals surface area contributed by atoms with Crippen molar-refractivity contribution < 1.29 is 14.0 Å². The smallest absolute Gasteiger partial charge is 0.315 e. The van der Waals surface area contributed by atoms with E-state index >= 15 is 0 Å². The Kier molecular flexibility index (Phi) is 9.37. The van der Waals surface area contributed by atoms with Crippen molar-refractivity contribution in [3.8, 4) is 0 Å². The molecule has 0 aromatic heterocycles. The molecule has 1 aliphatic rings. The summed E-state index contributed by atoms with van der Waals surface area (Å²) in [5, 5.41) is 5.46. The zero-order valence-corrected chi connectivity index (χ0v) is 15.9. The molecule has 146 valence electrons. The van der Waals surface area contributed by atoms with Crippen LogP contribution in [0.5, 0.6) is 0 Å². The Balaban J connectivity index is 0.00000338. The lowest BCUT2D eigenvalue weighted by Gasteiger charge is -2.33. The minimum Gasteiger partial charge on any atom is -0.339 e. The maximum Gasteiger partial charge on any atom is 0.315 e. The van der Waals surface area contributed by atoms with Crippen molar-refractivity contribution >= 4 is 24.3 Å². The monoisotopic (exact) mass is 386 g/mol. The molecule has 1 saturated heterocycles. The van der Waals surface area contributed by atoms with Crippen LogP contribution in [0.25, 0.3) is 0 Å². The Morgan fingerprint density at radius 2 is 2.04 bits per heavy atom. The number of urea groups is 1. The van der Waals surface area contributed by atoms with Crippen LogP contribution in [0.4, 0.5) is 9.18 Å².